The van der Waals surface area contributed by atoms with Crippen LogP contribution >= 0.6 is 11.3 Å². The first-order valence-electron chi connectivity index (χ1n) is 7.96. The summed E-state index contributed by atoms with van der Waals surface area (Å²) in [5.74, 6) is 0.192. The molecule has 0 unspecified atom stereocenters. The van der Waals surface area contributed by atoms with Gasteiger partial charge in [0.25, 0.3) is 5.91 Å². The lowest BCUT2D eigenvalue weighted by atomic mass is 10.3. The molecule has 1 amide bonds. The Hall–Kier alpha value is -2.55. The zero-order chi connectivity index (χ0) is 18.5. The van der Waals surface area contributed by atoms with Crippen LogP contribution in [0.2, 0.25) is 0 Å². The fourth-order valence-electron chi connectivity index (χ4n) is 2.71. The molecule has 1 N–H and O–H groups in total. The van der Waals surface area contributed by atoms with Crippen LogP contribution in [-0.2, 0) is 0 Å². The smallest absolute Gasteiger partial charge is 0.406 e. The molecule has 4 rings (SSSR count). The van der Waals surface area contributed by atoms with E-state index in [4.69, 9.17) is 0 Å². The van der Waals surface area contributed by atoms with E-state index in [1.165, 1.54) is 29.5 Å². The first kappa shape index (κ1) is 16.9. The number of fused-ring (bicyclic) bond motifs is 1. The Morgan fingerprint density at radius 3 is 2.77 bits per heavy atom. The lowest BCUT2D eigenvalue weighted by Crippen LogP contribution is -2.24. The maximum atomic E-state index is 12.4. The van der Waals surface area contributed by atoms with Gasteiger partial charge in [0.05, 0.1) is 15.9 Å². The Balaban J connectivity index is 1.67. The number of hydrogen-bond donors (Lipinski definition) is 1. The molecule has 0 aliphatic heterocycles. The number of rotatable bonds is 4. The van der Waals surface area contributed by atoms with Crippen molar-refractivity contribution in [3.8, 4) is 10.8 Å². The average Bonchev–Trinajstić information content (AvgIpc) is 3.11. The molecular formula is C17H14F3N3O2S. The first-order chi connectivity index (χ1) is 12.3. The van der Waals surface area contributed by atoms with Crippen molar-refractivity contribution in [2.24, 2.45) is 0 Å². The summed E-state index contributed by atoms with van der Waals surface area (Å²) in [5.41, 5.74) is 1.04. The highest BCUT2D eigenvalue weighted by Gasteiger charge is 2.31. The highest BCUT2D eigenvalue weighted by atomic mass is 32.1. The van der Waals surface area contributed by atoms with E-state index in [-0.39, 0.29) is 17.7 Å². The Kier molecular flexibility index (Phi) is 3.91. The number of carbonyl (C=O) groups excluding carboxylic acids is 1. The van der Waals surface area contributed by atoms with Crippen LogP contribution in [0.5, 0.6) is 5.75 Å². The van der Waals surface area contributed by atoms with Crippen molar-refractivity contribution in [1.29, 1.82) is 0 Å². The third-order valence-electron chi connectivity index (χ3n) is 3.98. The second-order valence-corrected chi connectivity index (χ2v) is 7.14. The van der Waals surface area contributed by atoms with Crippen LogP contribution in [0.1, 0.15) is 28.3 Å². The number of aryl methyl sites for hydroxylation is 1. The zero-order valence-corrected chi connectivity index (χ0v) is 14.4. The molecule has 136 valence electrons. The monoisotopic (exact) mass is 381 g/mol. The number of halogens is 3. The van der Waals surface area contributed by atoms with Crippen LogP contribution in [0.25, 0.3) is 16.0 Å². The summed E-state index contributed by atoms with van der Waals surface area (Å²) >= 11 is 1.31. The SMILES string of the molecule is Cc1nc2cc(OC(F)(F)F)ccc2n1-c1ccc(C(=O)NC2CC2)s1. The number of hydrogen-bond acceptors (Lipinski definition) is 4. The fourth-order valence-corrected chi connectivity index (χ4v) is 3.68. The predicted molar refractivity (Wildman–Crippen MR) is 90.9 cm³/mol. The lowest BCUT2D eigenvalue weighted by molar-refractivity contribution is -0.274. The van der Waals surface area contributed by atoms with Crippen molar-refractivity contribution in [2.45, 2.75) is 32.2 Å². The summed E-state index contributed by atoms with van der Waals surface area (Å²) in [4.78, 5) is 17.1. The number of nitrogens with one attached hydrogen (secondary N) is 1. The van der Waals surface area contributed by atoms with Crippen LogP contribution in [0.15, 0.2) is 30.3 Å². The molecule has 1 aliphatic rings. The molecule has 0 atom stereocenters. The van der Waals surface area contributed by atoms with E-state index in [0.717, 1.165) is 17.8 Å². The quantitative estimate of drug-likeness (QED) is 0.737. The Bertz CT molecular complexity index is 989. The van der Waals surface area contributed by atoms with Crippen molar-refractivity contribution in [3.05, 3.63) is 41.0 Å². The van der Waals surface area contributed by atoms with Gasteiger partial charge in [0, 0.05) is 12.1 Å². The number of aromatic nitrogens is 2. The Labute approximate surface area is 150 Å². The molecule has 0 saturated heterocycles. The third kappa shape index (κ3) is 3.39. The van der Waals surface area contributed by atoms with Crippen LogP contribution in [0.4, 0.5) is 13.2 Å². The number of thiophene rings is 1. The van der Waals surface area contributed by atoms with Gasteiger partial charge < -0.3 is 10.1 Å². The van der Waals surface area contributed by atoms with Crippen molar-refractivity contribution in [3.63, 3.8) is 0 Å². The number of benzene rings is 1. The normalized spacial score (nSPS) is 14.6. The molecule has 2 aromatic heterocycles. The zero-order valence-electron chi connectivity index (χ0n) is 13.6. The van der Waals surface area contributed by atoms with Gasteiger partial charge in [-0.15, -0.1) is 24.5 Å². The van der Waals surface area contributed by atoms with Gasteiger partial charge >= 0.3 is 6.36 Å². The molecule has 1 saturated carbocycles. The largest absolute Gasteiger partial charge is 0.573 e. The standard InChI is InChI=1S/C17H14F3N3O2S/c1-9-21-12-8-11(25-17(18,19)20)4-5-13(12)23(9)15-7-6-14(26-15)16(24)22-10-2-3-10/h4-8,10H,2-3H2,1H3,(H,22,24). The molecule has 0 bridgehead atoms. The number of alkyl halides is 3. The van der Waals surface area contributed by atoms with Gasteiger partial charge in [-0.05, 0) is 44.0 Å². The van der Waals surface area contributed by atoms with E-state index >= 15 is 0 Å². The van der Waals surface area contributed by atoms with E-state index in [9.17, 15) is 18.0 Å². The van der Waals surface area contributed by atoms with Crippen LogP contribution in [0, 0.1) is 6.92 Å². The number of carbonyl (C=O) groups is 1. The maximum Gasteiger partial charge on any atom is 0.573 e. The summed E-state index contributed by atoms with van der Waals surface area (Å²) in [6.07, 6.45) is -2.72. The van der Waals surface area contributed by atoms with E-state index in [1.54, 1.807) is 19.1 Å². The fraction of sp³-hybridized carbons (Fsp3) is 0.294. The predicted octanol–water partition coefficient (Wildman–Crippen LogP) is 4.19. The van der Waals surface area contributed by atoms with Crippen LogP contribution < -0.4 is 10.1 Å². The summed E-state index contributed by atoms with van der Waals surface area (Å²) in [6, 6.07) is 7.85. The molecule has 3 aromatic rings. The lowest BCUT2D eigenvalue weighted by Gasteiger charge is -2.08. The van der Waals surface area contributed by atoms with Gasteiger partial charge in [-0.3, -0.25) is 9.36 Å². The number of imidazole rings is 1. The van der Waals surface area contributed by atoms with E-state index in [2.05, 4.69) is 15.0 Å². The molecule has 1 aliphatic carbocycles. The van der Waals surface area contributed by atoms with Gasteiger partial charge in [0.2, 0.25) is 0 Å². The average molecular weight is 381 g/mol. The van der Waals surface area contributed by atoms with E-state index in [1.807, 2.05) is 4.57 Å². The minimum atomic E-state index is -4.75. The number of amides is 1. The second kappa shape index (κ2) is 6.01. The van der Waals surface area contributed by atoms with Gasteiger partial charge in [0.15, 0.2) is 0 Å². The van der Waals surface area contributed by atoms with Gasteiger partial charge in [-0.25, -0.2) is 4.98 Å². The minimum Gasteiger partial charge on any atom is -0.406 e. The Morgan fingerprint density at radius 1 is 1.31 bits per heavy atom. The highest BCUT2D eigenvalue weighted by molar-refractivity contribution is 7.16. The molecule has 26 heavy (non-hydrogen) atoms. The summed E-state index contributed by atoms with van der Waals surface area (Å²) in [5, 5.41) is 3.71. The van der Waals surface area contributed by atoms with Gasteiger partial charge in [0.1, 0.15) is 16.6 Å². The second-order valence-electron chi connectivity index (χ2n) is 6.08. The molecule has 5 nitrogen and oxygen atoms in total. The molecule has 2 heterocycles. The highest BCUT2D eigenvalue weighted by Crippen LogP contribution is 2.31. The first-order valence-corrected chi connectivity index (χ1v) is 8.78. The number of ether oxygens (including phenoxy) is 1. The molecule has 1 aromatic carbocycles. The molecule has 0 spiro atoms. The number of nitrogens with zero attached hydrogens (tertiary/aromatic N) is 2. The summed E-state index contributed by atoms with van der Waals surface area (Å²) < 4.78 is 42.9. The van der Waals surface area contributed by atoms with Crippen molar-refractivity contribution in [2.75, 3.05) is 0 Å². The van der Waals surface area contributed by atoms with Crippen molar-refractivity contribution in [1.82, 2.24) is 14.9 Å². The summed E-state index contributed by atoms with van der Waals surface area (Å²) in [6.45, 7) is 1.76. The van der Waals surface area contributed by atoms with Crippen molar-refractivity contribution < 1.29 is 22.7 Å². The topological polar surface area (TPSA) is 56.2 Å². The van der Waals surface area contributed by atoms with Crippen LogP contribution in [0.3, 0.4) is 0 Å². The molecule has 9 heteroatoms. The van der Waals surface area contributed by atoms with E-state index < -0.39 is 6.36 Å². The molecule has 1 fully saturated rings. The van der Waals surface area contributed by atoms with Crippen LogP contribution in [-0.4, -0.2) is 27.9 Å². The van der Waals surface area contributed by atoms with Crippen molar-refractivity contribution >= 4 is 28.3 Å². The van der Waals surface area contributed by atoms with Gasteiger partial charge in [-0.2, -0.15) is 0 Å². The van der Waals surface area contributed by atoms with Gasteiger partial charge in [-0.1, -0.05) is 0 Å². The maximum absolute atomic E-state index is 12.4. The molecule has 0 radical (unpaired) electrons. The Morgan fingerprint density at radius 2 is 2.08 bits per heavy atom. The minimum absolute atomic E-state index is 0.105. The molecular weight excluding hydrogens is 367 g/mol. The summed E-state index contributed by atoms with van der Waals surface area (Å²) in [7, 11) is 0. The van der Waals surface area contributed by atoms with E-state index in [0.29, 0.717) is 21.7 Å². The third-order valence-corrected chi connectivity index (χ3v) is 5.04.